The fourth-order valence-corrected chi connectivity index (χ4v) is 4.09. The molecule has 0 radical (unpaired) electrons. The third-order valence-corrected chi connectivity index (χ3v) is 5.95. The van der Waals surface area contributed by atoms with Crippen molar-refractivity contribution in [2.24, 2.45) is 5.92 Å². The normalized spacial score (nSPS) is 12.5. The lowest BCUT2D eigenvalue weighted by atomic mass is 10.0. The molecule has 0 aliphatic carbocycles. The van der Waals surface area contributed by atoms with Gasteiger partial charge in [0, 0.05) is 10.4 Å². The minimum absolute atomic E-state index is 0.00866. The van der Waals surface area contributed by atoms with Crippen molar-refractivity contribution in [2.75, 3.05) is 11.9 Å². The standard InChI is InChI=1S/C21H22ClF3N2O5S/c1-4-12-8-13(18(29)11-5-6-15(14(22)7-11)32-21(23,24)25)19(33-12)27-16(28)9-26-17(10(2)3)20(30)31/h5-8,10,17,26H,4,9H2,1-3H3,(H,27,28)(H,30,31)/t17-/m0/s1. The smallest absolute Gasteiger partial charge is 0.480 e. The Kier molecular flexibility index (Phi) is 8.87. The van der Waals surface area contributed by atoms with Gasteiger partial charge < -0.3 is 15.2 Å². The van der Waals surface area contributed by atoms with Crippen molar-refractivity contribution in [2.45, 2.75) is 39.6 Å². The quantitative estimate of drug-likeness (QED) is 0.402. The first-order chi connectivity index (χ1) is 15.3. The highest BCUT2D eigenvalue weighted by Crippen LogP contribution is 2.34. The van der Waals surface area contributed by atoms with Gasteiger partial charge in [0.2, 0.25) is 5.91 Å². The molecule has 7 nitrogen and oxygen atoms in total. The van der Waals surface area contributed by atoms with E-state index in [4.69, 9.17) is 11.6 Å². The number of anilines is 1. The van der Waals surface area contributed by atoms with Gasteiger partial charge in [-0.15, -0.1) is 24.5 Å². The van der Waals surface area contributed by atoms with Crippen molar-refractivity contribution >= 4 is 45.6 Å². The number of hydrogen-bond donors (Lipinski definition) is 3. The second-order valence-corrected chi connectivity index (χ2v) is 8.86. The van der Waals surface area contributed by atoms with Crippen molar-refractivity contribution < 1.29 is 37.4 Å². The van der Waals surface area contributed by atoms with Gasteiger partial charge in [0.1, 0.15) is 16.8 Å². The number of ether oxygens (including phenoxy) is 1. The minimum Gasteiger partial charge on any atom is -0.480 e. The Bertz CT molecular complexity index is 1040. The van der Waals surface area contributed by atoms with Gasteiger partial charge in [-0.2, -0.15) is 0 Å². The van der Waals surface area contributed by atoms with Gasteiger partial charge in [-0.3, -0.25) is 19.7 Å². The van der Waals surface area contributed by atoms with E-state index in [2.05, 4.69) is 15.4 Å². The van der Waals surface area contributed by atoms with Crippen LogP contribution in [0.3, 0.4) is 0 Å². The summed E-state index contributed by atoms with van der Waals surface area (Å²) in [6.07, 6.45) is -4.36. The Morgan fingerprint density at radius 2 is 1.88 bits per heavy atom. The molecule has 180 valence electrons. The molecule has 2 aromatic rings. The van der Waals surface area contributed by atoms with Crippen LogP contribution in [-0.2, 0) is 16.0 Å². The lowest BCUT2D eigenvalue weighted by Gasteiger charge is -2.17. The van der Waals surface area contributed by atoms with E-state index in [-0.39, 0.29) is 28.6 Å². The number of benzene rings is 1. The van der Waals surface area contributed by atoms with Crippen molar-refractivity contribution in [3.8, 4) is 5.75 Å². The molecule has 0 bridgehead atoms. The summed E-state index contributed by atoms with van der Waals surface area (Å²) < 4.78 is 41.1. The summed E-state index contributed by atoms with van der Waals surface area (Å²) in [5.41, 5.74) is 0.152. The van der Waals surface area contributed by atoms with Gasteiger partial charge in [0.15, 0.2) is 5.78 Å². The van der Waals surface area contributed by atoms with Crippen LogP contribution in [0.1, 0.15) is 41.6 Å². The summed E-state index contributed by atoms with van der Waals surface area (Å²) in [7, 11) is 0. The Hall–Kier alpha value is -2.63. The van der Waals surface area contributed by atoms with E-state index in [9.17, 15) is 32.7 Å². The van der Waals surface area contributed by atoms with Gasteiger partial charge in [0.25, 0.3) is 0 Å². The molecule has 33 heavy (non-hydrogen) atoms. The van der Waals surface area contributed by atoms with Gasteiger partial charge in [-0.25, -0.2) is 0 Å². The summed E-state index contributed by atoms with van der Waals surface area (Å²) in [6.45, 7) is 4.96. The van der Waals surface area contributed by atoms with E-state index in [1.165, 1.54) is 11.3 Å². The Labute approximate surface area is 196 Å². The number of nitrogens with one attached hydrogen (secondary N) is 2. The number of carbonyl (C=O) groups is 3. The maximum atomic E-state index is 13.0. The molecule has 0 aliphatic rings. The van der Waals surface area contributed by atoms with Gasteiger partial charge in [-0.1, -0.05) is 32.4 Å². The Balaban J connectivity index is 2.22. The van der Waals surface area contributed by atoms with Crippen molar-refractivity contribution in [3.05, 3.63) is 45.3 Å². The molecule has 2 rings (SSSR count). The number of carboxylic acids is 1. The summed E-state index contributed by atoms with van der Waals surface area (Å²) in [6, 6.07) is 3.80. The number of rotatable bonds is 10. The molecule has 0 aliphatic heterocycles. The summed E-state index contributed by atoms with van der Waals surface area (Å²) in [4.78, 5) is 37.4. The number of amides is 1. The topological polar surface area (TPSA) is 105 Å². The van der Waals surface area contributed by atoms with Crippen LogP contribution >= 0.6 is 22.9 Å². The predicted octanol–water partition coefficient (Wildman–Crippen LogP) is 4.73. The molecule has 1 amide bonds. The maximum Gasteiger partial charge on any atom is 0.573 e. The molecule has 1 heterocycles. The highest BCUT2D eigenvalue weighted by Gasteiger charge is 2.32. The number of ketones is 1. The number of halogens is 4. The van der Waals surface area contributed by atoms with E-state index in [0.717, 1.165) is 23.1 Å². The maximum absolute atomic E-state index is 13.0. The van der Waals surface area contributed by atoms with E-state index in [1.54, 1.807) is 19.9 Å². The molecule has 3 N–H and O–H groups in total. The zero-order chi connectivity index (χ0) is 24.9. The van der Waals surface area contributed by atoms with Crippen LogP contribution in [0.4, 0.5) is 18.2 Å². The molecule has 0 spiro atoms. The molecule has 12 heteroatoms. The second-order valence-electron chi connectivity index (χ2n) is 7.32. The first kappa shape index (κ1) is 26.6. The molecule has 0 unspecified atom stereocenters. The Morgan fingerprint density at radius 1 is 1.21 bits per heavy atom. The van der Waals surface area contributed by atoms with Crippen LogP contribution in [0.25, 0.3) is 0 Å². The Morgan fingerprint density at radius 3 is 2.39 bits per heavy atom. The monoisotopic (exact) mass is 506 g/mol. The number of alkyl halides is 3. The number of thiophene rings is 1. The zero-order valence-corrected chi connectivity index (χ0v) is 19.5. The lowest BCUT2D eigenvalue weighted by molar-refractivity contribution is -0.274. The first-order valence-corrected chi connectivity index (χ1v) is 11.0. The number of hydrogen-bond acceptors (Lipinski definition) is 6. The molecular weight excluding hydrogens is 485 g/mol. The van der Waals surface area contributed by atoms with Crippen molar-refractivity contribution in [1.82, 2.24) is 5.32 Å². The minimum atomic E-state index is -4.93. The molecule has 0 saturated heterocycles. The number of carboxylic acid groups (broad SMARTS) is 1. The summed E-state index contributed by atoms with van der Waals surface area (Å²) >= 11 is 7.01. The van der Waals surface area contributed by atoms with Crippen LogP contribution < -0.4 is 15.4 Å². The van der Waals surface area contributed by atoms with Crippen LogP contribution in [0.2, 0.25) is 5.02 Å². The number of aryl methyl sites for hydroxylation is 1. The molecule has 0 saturated carbocycles. The lowest BCUT2D eigenvalue weighted by Crippen LogP contribution is -2.44. The highest BCUT2D eigenvalue weighted by atomic mass is 35.5. The fraction of sp³-hybridized carbons (Fsp3) is 0.381. The van der Waals surface area contributed by atoms with E-state index < -0.39 is 40.8 Å². The van der Waals surface area contributed by atoms with E-state index in [0.29, 0.717) is 6.42 Å². The van der Waals surface area contributed by atoms with Crippen LogP contribution in [0, 0.1) is 5.92 Å². The molecule has 1 atom stereocenters. The first-order valence-electron chi connectivity index (χ1n) is 9.81. The zero-order valence-electron chi connectivity index (χ0n) is 17.9. The average molecular weight is 507 g/mol. The average Bonchev–Trinajstić information content (AvgIpc) is 3.10. The second kappa shape index (κ2) is 11.0. The summed E-state index contributed by atoms with van der Waals surface area (Å²) in [5, 5.41) is 14.3. The highest BCUT2D eigenvalue weighted by molar-refractivity contribution is 7.16. The van der Waals surface area contributed by atoms with Gasteiger partial charge in [-0.05, 0) is 36.6 Å². The molecule has 1 aromatic heterocycles. The fourth-order valence-electron chi connectivity index (χ4n) is 2.86. The van der Waals surface area contributed by atoms with E-state index in [1.807, 2.05) is 6.92 Å². The van der Waals surface area contributed by atoms with Gasteiger partial charge >= 0.3 is 12.3 Å². The molecule has 1 aromatic carbocycles. The van der Waals surface area contributed by atoms with Crippen molar-refractivity contribution in [3.63, 3.8) is 0 Å². The number of aliphatic carboxylic acids is 1. The van der Waals surface area contributed by atoms with Crippen LogP contribution in [0.5, 0.6) is 5.75 Å². The van der Waals surface area contributed by atoms with Crippen LogP contribution in [-0.4, -0.2) is 41.7 Å². The third-order valence-electron chi connectivity index (χ3n) is 4.46. The van der Waals surface area contributed by atoms with E-state index >= 15 is 0 Å². The molecular formula is C21H22ClF3N2O5S. The molecule has 0 fully saturated rings. The largest absolute Gasteiger partial charge is 0.573 e. The third kappa shape index (κ3) is 7.44. The van der Waals surface area contributed by atoms with Crippen LogP contribution in [0.15, 0.2) is 24.3 Å². The SMILES string of the molecule is CCc1cc(C(=O)c2ccc(OC(F)(F)F)c(Cl)c2)c(NC(=O)CN[C@H](C(=O)O)C(C)C)s1. The predicted molar refractivity (Wildman–Crippen MR) is 118 cm³/mol. The van der Waals surface area contributed by atoms with Gasteiger partial charge in [0.05, 0.1) is 17.1 Å². The van der Waals surface area contributed by atoms with Crippen molar-refractivity contribution in [1.29, 1.82) is 0 Å². The number of carbonyl (C=O) groups excluding carboxylic acids is 2. The summed E-state index contributed by atoms with van der Waals surface area (Å²) in [5.74, 6) is -3.09.